The maximum atomic E-state index is 4.55. The Kier molecular flexibility index (Phi) is 2.64. The molecule has 4 nitrogen and oxygen atoms in total. The molecule has 3 unspecified atom stereocenters. The fourth-order valence-corrected chi connectivity index (χ4v) is 4.42. The molecule has 0 aliphatic carbocycles. The molecule has 0 aromatic heterocycles. The third-order valence-electron chi connectivity index (χ3n) is 4.26. The van der Waals surface area contributed by atoms with E-state index in [4.69, 9.17) is 0 Å². The van der Waals surface area contributed by atoms with Crippen molar-refractivity contribution in [1.82, 2.24) is 4.90 Å². The molecule has 2 saturated heterocycles. The predicted molar refractivity (Wildman–Crippen MR) is 72.9 cm³/mol. The number of anilines is 1. The molecule has 2 fully saturated rings. The van der Waals surface area contributed by atoms with Gasteiger partial charge in [-0.25, -0.2) is 0 Å². The molecule has 0 spiro atoms. The van der Waals surface area contributed by atoms with Crippen molar-refractivity contribution in [2.45, 2.75) is 18.9 Å². The summed E-state index contributed by atoms with van der Waals surface area (Å²) in [5, 5.41) is 3.74. The Morgan fingerprint density at radius 3 is 3.17 bits per heavy atom. The van der Waals surface area contributed by atoms with Gasteiger partial charge in [-0.3, -0.25) is 0 Å². The summed E-state index contributed by atoms with van der Waals surface area (Å²) >= 11 is 0.0663. The van der Waals surface area contributed by atoms with Crippen LogP contribution in [0.25, 0.3) is 0 Å². The molecule has 3 heterocycles. The van der Waals surface area contributed by atoms with Gasteiger partial charge in [0.2, 0.25) is 0 Å². The third kappa shape index (κ3) is 1.78. The second-order valence-electron chi connectivity index (χ2n) is 5.33. The summed E-state index contributed by atoms with van der Waals surface area (Å²) in [5.41, 5.74) is 3.36. The molecule has 3 atom stereocenters. The van der Waals surface area contributed by atoms with Gasteiger partial charge < -0.3 is 0 Å². The Morgan fingerprint density at radius 1 is 1.22 bits per heavy atom. The Hall–Kier alpha value is -0.901. The minimum atomic E-state index is 0.0663. The molecule has 0 radical (unpaired) electrons. The molecule has 0 amide bonds. The van der Waals surface area contributed by atoms with E-state index >= 15 is 0 Å². The minimum absolute atomic E-state index is 0.0663. The molecule has 5 heteroatoms. The molecule has 0 saturated carbocycles. The van der Waals surface area contributed by atoms with Gasteiger partial charge in [-0.15, -0.1) is 0 Å². The van der Waals surface area contributed by atoms with E-state index < -0.39 is 0 Å². The van der Waals surface area contributed by atoms with Crippen molar-refractivity contribution < 1.29 is 0 Å². The molecule has 3 aliphatic heterocycles. The van der Waals surface area contributed by atoms with E-state index in [1.165, 1.54) is 38.2 Å². The van der Waals surface area contributed by atoms with E-state index in [0.29, 0.717) is 6.04 Å². The van der Waals surface area contributed by atoms with Crippen LogP contribution in [-0.2, 0) is 0 Å². The van der Waals surface area contributed by atoms with Crippen molar-refractivity contribution in [2.75, 3.05) is 25.0 Å². The van der Waals surface area contributed by atoms with Gasteiger partial charge in [-0.1, -0.05) is 0 Å². The van der Waals surface area contributed by atoms with Crippen LogP contribution in [0.15, 0.2) is 26.1 Å². The number of hydrogen-bond acceptors (Lipinski definition) is 4. The van der Waals surface area contributed by atoms with Crippen LogP contribution in [0.5, 0.6) is 0 Å². The van der Waals surface area contributed by atoms with Gasteiger partial charge in [0.25, 0.3) is 0 Å². The number of nitrogens with one attached hydrogen (secondary N) is 1. The van der Waals surface area contributed by atoms with E-state index in [0.717, 1.165) is 17.3 Å². The molecule has 1 N–H and O–H groups in total. The number of rotatable bonds is 2. The zero-order valence-corrected chi connectivity index (χ0v) is 11.9. The fraction of sp³-hybridized carbons (Fsp3) is 0.538. The zero-order valence-electron chi connectivity index (χ0n) is 10.2. The quantitative estimate of drug-likeness (QED) is 0.866. The summed E-state index contributed by atoms with van der Waals surface area (Å²) in [6, 6.07) is 6.93. The van der Waals surface area contributed by atoms with Crippen molar-refractivity contribution in [1.29, 1.82) is 0 Å². The zero-order chi connectivity index (χ0) is 11.9. The van der Waals surface area contributed by atoms with E-state index in [1.54, 1.807) is 0 Å². The van der Waals surface area contributed by atoms with Gasteiger partial charge >= 0.3 is 112 Å². The van der Waals surface area contributed by atoms with Crippen LogP contribution in [0.2, 0.25) is 0 Å². The van der Waals surface area contributed by atoms with Crippen molar-refractivity contribution in [3.63, 3.8) is 0 Å². The van der Waals surface area contributed by atoms with Gasteiger partial charge in [0.1, 0.15) is 0 Å². The first-order valence-electron chi connectivity index (χ1n) is 6.60. The maximum absolute atomic E-state index is 4.55. The van der Waals surface area contributed by atoms with E-state index in [9.17, 15) is 0 Å². The Balaban J connectivity index is 1.58. The Morgan fingerprint density at radius 2 is 2.17 bits per heavy atom. The predicted octanol–water partition coefficient (Wildman–Crippen LogP) is 2.54. The first-order chi connectivity index (χ1) is 8.90. The van der Waals surface area contributed by atoms with Crippen molar-refractivity contribution in [3.05, 3.63) is 18.2 Å². The summed E-state index contributed by atoms with van der Waals surface area (Å²) in [4.78, 5) is 2.58. The first-order valence-corrected chi connectivity index (χ1v) is 8.13. The summed E-state index contributed by atoms with van der Waals surface area (Å²) in [5.74, 6) is 0.818. The number of benzene rings is 1. The average molecular weight is 307 g/mol. The van der Waals surface area contributed by atoms with Crippen LogP contribution in [0.4, 0.5) is 17.1 Å². The van der Waals surface area contributed by atoms with E-state index in [-0.39, 0.29) is 14.6 Å². The monoisotopic (exact) mass is 308 g/mol. The summed E-state index contributed by atoms with van der Waals surface area (Å²) in [6.45, 7) is 3.81. The second kappa shape index (κ2) is 4.33. The average Bonchev–Trinajstić information content (AvgIpc) is 3.01. The van der Waals surface area contributed by atoms with Crippen LogP contribution in [0, 0.1) is 5.92 Å². The normalized spacial score (nSPS) is 32.1. The topological polar surface area (TPSA) is 40.0 Å². The van der Waals surface area contributed by atoms with Gasteiger partial charge in [-0.2, -0.15) is 0 Å². The van der Waals surface area contributed by atoms with Gasteiger partial charge in [-0.05, 0) is 0 Å². The van der Waals surface area contributed by atoms with Crippen LogP contribution < -0.4 is 5.32 Å². The van der Waals surface area contributed by atoms with Crippen LogP contribution >= 0.6 is 0 Å². The molecule has 1 aromatic carbocycles. The molecule has 4 rings (SSSR count). The SMILES string of the molecule is c1cc2c(c(NC3CCN4CCC3C4)c1)N=[Se]=N2. The number of hydrogen-bond donors (Lipinski definition) is 1. The molecule has 2 bridgehead atoms. The Labute approximate surface area is 113 Å². The fourth-order valence-electron chi connectivity index (χ4n) is 3.26. The molecular formula is C13H16N4Se. The summed E-state index contributed by atoms with van der Waals surface area (Å²) in [6.07, 6.45) is 2.61. The molecule has 1 aromatic rings. The molecule has 3 aliphatic rings. The van der Waals surface area contributed by atoms with Gasteiger partial charge in [0, 0.05) is 0 Å². The van der Waals surface area contributed by atoms with E-state index in [1.807, 2.05) is 0 Å². The first kappa shape index (κ1) is 11.0. The van der Waals surface area contributed by atoms with Crippen molar-refractivity contribution in [3.8, 4) is 0 Å². The number of nitrogens with zero attached hydrogens (tertiary/aromatic N) is 3. The Bertz CT molecular complexity index is 550. The van der Waals surface area contributed by atoms with Crippen molar-refractivity contribution >= 4 is 31.6 Å². The second-order valence-corrected chi connectivity index (χ2v) is 6.44. The van der Waals surface area contributed by atoms with Crippen LogP contribution in [-0.4, -0.2) is 45.1 Å². The van der Waals surface area contributed by atoms with Crippen LogP contribution in [0.1, 0.15) is 12.8 Å². The summed E-state index contributed by atoms with van der Waals surface area (Å²) < 4.78 is 9.00. The van der Waals surface area contributed by atoms with Crippen molar-refractivity contribution in [2.24, 2.45) is 13.8 Å². The number of fused-ring (bicyclic) bond motifs is 3. The van der Waals surface area contributed by atoms with Crippen LogP contribution in [0.3, 0.4) is 0 Å². The molecule has 18 heavy (non-hydrogen) atoms. The number of piperidine rings is 1. The third-order valence-corrected chi connectivity index (χ3v) is 5.40. The molecule has 94 valence electrons. The van der Waals surface area contributed by atoms with Gasteiger partial charge in [0.15, 0.2) is 0 Å². The standard InChI is InChI=1S/C13H16N4Se/c1-2-11(13-12(3-1)15-18-16-13)14-10-5-7-17-6-4-9(10)8-17/h1-3,9-10,14H,4-8H2. The van der Waals surface area contributed by atoms with Gasteiger partial charge in [0.05, 0.1) is 0 Å². The molecular weight excluding hydrogens is 291 g/mol. The van der Waals surface area contributed by atoms with E-state index in [2.05, 4.69) is 36.3 Å². The summed E-state index contributed by atoms with van der Waals surface area (Å²) in [7, 11) is 0.